The molecule has 15 heavy (non-hydrogen) atoms. The van der Waals surface area contributed by atoms with Crippen molar-refractivity contribution in [3.63, 3.8) is 0 Å². The molecule has 2 aromatic rings. The van der Waals surface area contributed by atoms with Crippen LogP contribution in [0.5, 0.6) is 0 Å². The predicted molar refractivity (Wildman–Crippen MR) is 58.6 cm³/mol. The Bertz CT molecular complexity index is 557. The molecular formula is C11H8BrFO2. The number of rotatable bonds is 1. The first kappa shape index (κ1) is 10.4. The summed E-state index contributed by atoms with van der Waals surface area (Å²) in [5.41, 5.74) is 1.19. The van der Waals surface area contributed by atoms with Crippen LogP contribution < -0.4 is 0 Å². The Morgan fingerprint density at radius 1 is 1.47 bits per heavy atom. The van der Waals surface area contributed by atoms with Gasteiger partial charge in [-0.3, -0.25) is 4.79 Å². The Morgan fingerprint density at radius 3 is 2.73 bits per heavy atom. The lowest BCUT2D eigenvalue weighted by atomic mass is 10.1. The van der Waals surface area contributed by atoms with E-state index < -0.39 is 0 Å². The molecule has 78 valence electrons. The number of hydrogen-bond donors (Lipinski definition) is 0. The summed E-state index contributed by atoms with van der Waals surface area (Å²) in [6.45, 7) is 3.17. The van der Waals surface area contributed by atoms with Crippen LogP contribution in [0.1, 0.15) is 23.0 Å². The van der Waals surface area contributed by atoms with Gasteiger partial charge in [0.15, 0.2) is 11.5 Å². The largest absolute Gasteiger partial charge is 0.451 e. The summed E-state index contributed by atoms with van der Waals surface area (Å²) >= 11 is 3.20. The second-order valence-corrected chi connectivity index (χ2v) is 4.23. The summed E-state index contributed by atoms with van der Waals surface area (Å²) in [7, 11) is 0. The number of furan rings is 1. The summed E-state index contributed by atoms with van der Waals surface area (Å²) in [4.78, 5) is 11.2. The van der Waals surface area contributed by atoms with Gasteiger partial charge in [0.25, 0.3) is 0 Å². The first-order chi connectivity index (χ1) is 7.00. The Labute approximate surface area is 94.2 Å². The molecule has 2 nitrogen and oxygen atoms in total. The predicted octanol–water partition coefficient (Wildman–Crippen LogP) is 3.85. The Morgan fingerprint density at radius 2 is 2.13 bits per heavy atom. The minimum absolute atomic E-state index is 0.156. The van der Waals surface area contributed by atoms with Gasteiger partial charge in [-0.15, -0.1) is 0 Å². The van der Waals surface area contributed by atoms with Gasteiger partial charge < -0.3 is 4.42 Å². The van der Waals surface area contributed by atoms with Crippen molar-refractivity contribution in [1.82, 2.24) is 0 Å². The van der Waals surface area contributed by atoms with Crippen LogP contribution in [0.4, 0.5) is 4.39 Å². The molecule has 0 bridgehead atoms. The lowest BCUT2D eigenvalue weighted by Crippen LogP contribution is -1.90. The third-order valence-corrected chi connectivity index (χ3v) is 2.87. The van der Waals surface area contributed by atoms with Gasteiger partial charge in [-0.1, -0.05) is 0 Å². The summed E-state index contributed by atoms with van der Waals surface area (Å²) in [6, 6.07) is 2.68. The quantitative estimate of drug-likeness (QED) is 0.737. The molecule has 0 atom stereocenters. The van der Waals surface area contributed by atoms with Gasteiger partial charge in [0.1, 0.15) is 11.4 Å². The normalized spacial score (nSPS) is 10.9. The first-order valence-electron chi connectivity index (χ1n) is 4.40. The number of aryl methyl sites for hydroxylation is 1. The fourth-order valence-corrected chi connectivity index (χ4v) is 2.09. The van der Waals surface area contributed by atoms with Crippen molar-refractivity contribution in [2.24, 2.45) is 0 Å². The van der Waals surface area contributed by atoms with Gasteiger partial charge in [0.2, 0.25) is 0 Å². The highest BCUT2D eigenvalue weighted by Crippen LogP contribution is 2.32. The fraction of sp³-hybridized carbons (Fsp3) is 0.182. The zero-order chi connectivity index (χ0) is 11.2. The highest BCUT2D eigenvalue weighted by Gasteiger charge is 2.16. The summed E-state index contributed by atoms with van der Waals surface area (Å²) in [5.74, 6) is -0.222. The van der Waals surface area contributed by atoms with E-state index in [1.807, 2.05) is 0 Å². The van der Waals surface area contributed by atoms with E-state index in [-0.39, 0.29) is 17.4 Å². The van der Waals surface area contributed by atoms with Crippen molar-refractivity contribution >= 4 is 32.7 Å². The zero-order valence-electron chi connectivity index (χ0n) is 8.23. The Balaban J connectivity index is 2.88. The second-order valence-electron chi connectivity index (χ2n) is 3.38. The lowest BCUT2D eigenvalue weighted by molar-refractivity contribution is 0.0988. The highest BCUT2D eigenvalue weighted by molar-refractivity contribution is 9.10. The van der Waals surface area contributed by atoms with Crippen molar-refractivity contribution in [2.45, 2.75) is 13.8 Å². The van der Waals surface area contributed by atoms with Crippen LogP contribution in [0.2, 0.25) is 0 Å². The molecule has 0 fully saturated rings. The minimum atomic E-state index is -0.353. The van der Waals surface area contributed by atoms with Crippen molar-refractivity contribution < 1.29 is 13.6 Å². The maximum atomic E-state index is 13.1. The smallest absolute Gasteiger partial charge is 0.195 e. The molecule has 0 radical (unpaired) electrons. The minimum Gasteiger partial charge on any atom is -0.451 e. The van der Waals surface area contributed by atoms with Crippen LogP contribution in [0.15, 0.2) is 21.0 Å². The standard InChI is InChI=1S/C11H8BrFO2/c1-5-8-3-7(13)4-9(12)11(8)15-10(5)6(2)14/h3-4H,1-2H3. The van der Waals surface area contributed by atoms with Crippen LogP contribution in [-0.2, 0) is 0 Å². The van der Waals surface area contributed by atoms with Gasteiger partial charge in [-0.2, -0.15) is 0 Å². The van der Waals surface area contributed by atoms with E-state index in [1.165, 1.54) is 19.1 Å². The molecule has 4 heteroatoms. The van der Waals surface area contributed by atoms with E-state index in [4.69, 9.17) is 4.42 Å². The number of carbonyl (C=O) groups excluding carboxylic acids is 1. The number of hydrogen-bond acceptors (Lipinski definition) is 2. The van der Waals surface area contributed by atoms with Crippen LogP contribution in [0.3, 0.4) is 0 Å². The van der Waals surface area contributed by atoms with Crippen molar-refractivity contribution in [3.05, 3.63) is 33.7 Å². The molecule has 1 aromatic heterocycles. The fourth-order valence-electron chi connectivity index (χ4n) is 1.58. The summed E-state index contributed by atoms with van der Waals surface area (Å²) in [6.07, 6.45) is 0. The molecule has 0 spiro atoms. The van der Waals surface area contributed by atoms with Crippen LogP contribution in [0.25, 0.3) is 11.0 Å². The van der Waals surface area contributed by atoms with E-state index in [1.54, 1.807) is 6.92 Å². The number of fused-ring (bicyclic) bond motifs is 1. The van der Waals surface area contributed by atoms with E-state index in [2.05, 4.69) is 15.9 Å². The third kappa shape index (κ3) is 1.59. The average molecular weight is 271 g/mol. The van der Waals surface area contributed by atoms with E-state index in [0.717, 1.165) is 0 Å². The van der Waals surface area contributed by atoms with E-state index >= 15 is 0 Å². The molecule has 1 heterocycles. The topological polar surface area (TPSA) is 30.2 Å². The maximum Gasteiger partial charge on any atom is 0.195 e. The monoisotopic (exact) mass is 270 g/mol. The van der Waals surface area contributed by atoms with Gasteiger partial charge >= 0.3 is 0 Å². The molecule has 0 unspecified atom stereocenters. The number of ketones is 1. The molecular weight excluding hydrogens is 263 g/mol. The summed E-state index contributed by atoms with van der Waals surface area (Å²) in [5, 5.41) is 0.632. The van der Waals surface area contributed by atoms with E-state index in [0.29, 0.717) is 21.0 Å². The van der Waals surface area contributed by atoms with Gasteiger partial charge in [0.05, 0.1) is 4.47 Å². The Hall–Kier alpha value is -1.16. The SMILES string of the molecule is CC(=O)c1oc2c(Br)cc(F)cc2c1C. The van der Waals surface area contributed by atoms with Gasteiger partial charge in [0, 0.05) is 17.9 Å². The third-order valence-electron chi connectivity index (χ3n) is 2.28. The Kier molecular flexibility index (Phi) is 2.38. The molecule has 0 aliphatic heterocycles. The first-order valence-corrected chi connectivity index (χ1v) is 5.19. The van der Waals surface area contributed by atoms with Gasteiger partial charge in [-0.05, 0) is 35.0 Å². The van der Waals surface area contributed by atoms with Gasteiger partial charge in [-0.25, -0.2) is 4.39 Å². The van der Waals surface area contributed by atoms with Crippen molar-refractivity contribution in [3.8, 4) is 0 Å². The molecule has 0 amide bonds. The number of halogens is 2. The van der Waals surface area contributed by atoms with Crippen molar-refractivity contribution in [1.29, 1.82) is 0 Å². The zero-order valence-corrected chi connectivity index (χ0v) is 9.81. The summed E-state index contributed by atoms with van der Waals surface area (Å²) < 4.78 is 19.0. The average Bonchev–Trinajstić information content (AvgIpc) is 2.44. The maximum absolute atomic E-state index is 13.1. The van der Waals surface area contributed by atoms with E-state index in [9.17, 15) is 9.18 Å². The second kappa shape index (κ2) is 3.45. The number of Topliss-reactive ketones (excluding diaryl/α,β-unsaturated/α-hetero) is 1. The van der Waals surface area contributed by atoms with Crippen LogP contribution in [0, 0.1) is 12.7 Å². The molecule has 2 rings (SSSR count). The number of carbonyl (C=O) groups is 1. The lowest BCUT2D eigenvalue weighted by Gasteiger charge is -1.93. The van der Waals surface area contributed by atoms with Crippen LogP contribution in [-0.4, -0.2) is 5.78 Å². The molecule has 0 saturated carbocycles. The molecule has 0 aliphatic carbocycles. The number of benzene rings is 1. The van der Waals surface area contributed by atoms with Crippen molar-refractivity contribution in [2.75, 3.05) is 0 Å². The molecule has 0 N–H and O–H groups in total. The molecule has 1 aromatic carbocycles. The molecule has 0 aliphatic rings. The molecule has 0 saturated heterocycles. The highest BCUT2D eigenvalue weighted by atomic mass is 79.9. The van der Waals surface area contributed by atoms with Crippen LogP contribution >= 0.6 is 15.9 Å².